The minimum absolute atomic E-state index is 0.0508. The third kappa shape index (κ3) is 3.90. The van der Waals surface area contributed by atoms with Crippen molar-refractivity contribution in [1.29, 1.82) is 0 Å². The van der Waals surface area contributed by atoms with Crippen LogP contribution in [0.4, 0.5) is 0 Å². The summed E-state index contributed by atoms with van der Waals surface area (Å²) in [6, 6.07) is 12.6. The fourth-order valence-electron chi connectivity index (χ4n) is 3.26. The normalized spacial score (nSPS) is 21.3. The zero-order valence-corrected chi connectivity index (χ0v) is 16.1. The molecule has 0 unspecified atom stereocenters. The number of likely N-dealkylation sites (N-methyl/N-ethyl adjacent to an activating group) is 1. The van der Waals surface area contributed by atoms with Crippen molar-refractivity contribution in [2.24, 2.45) is 0 Å². The van der Waals surface area contributed by atoms with Crippen molar-refractivity contribution >= 4 is 26.7 Å². The molecular formula is C19H24N2O4S. The number of rotatable bonds is 4. The SMILES string of the molecule is C[C@@H]1CN(C(=O)CN(C)S(=O)(=O)c2ccc3ccccc3c2)C[C@H](C)O1. The minimum atomic E-state index is -3.74. The van der Waals surface area contributed by atoms with Gasteiger partial charge < -0.3 is 9.64 Å². The Balaban J connectivity index is 1.76. The number of nitrogens with zero attached hydrogens (tertiary/aromatic N) is 2. The highest BCUT2D eigenvalue weighted by Gasteiger charge is 2.29. The van der Waals surface area contributed by atoms with Crippen LogP contribution >= 0.6 is 0 Å². The van der Waals surface area contributed by atoms with Crippen LogP contribution in [0.5, 0.6) is 0 Å². The number of hydrogen-bond acceptors (Lipinski definition) is 4. The second-order valence-electron chi connectivity index (χ2n) is 6.83. The van der Waals surface area contributed by atoms with Gasteiger partial charge in [0.15, 0.2) is 0 Å². The molecular weight excluding hydrogens is 352 g/mol. The second-order valence-corrected chi connectivity index (χ2v) is 8.87. The van der Waals surface area contributed by atoms with E-state index in [2.05, 4.69) is 0 Å². The highest BCUT2D eigenvalue weighted by atomic mass is 32.2. The van der Waals surface area contributed by atoms with Crippen molar-refractivity contribution in [2.45, 2.75) is 31.0 Å². The van der Waals surface area contributed by atoms with Gasteiger partial charge in [0.2, 0.25) is 15.9 Å². The summed E-state index contributed by atoms with van der Waals surface area (Å²) in [4.78, 5) is 14.4. The number of morpholine rings is 1. The number of fused-ring (bicyclic) bond motifs is 1. The van der Waals surface area contributed by atoms with E-state index in [0.717, 1.165) is 15.1 Å². The Hall–Kier alpha value is -1.96. The highest BCUT2D eigenvalue weighted by Crippen LogP contribution is 2.21. The molecule has 2 atom stereocenters. The van der Waals surface area contributed by atoms with Crippen LogP contribution in [-0.2, 0) is 19.6 Å². The topological polar surface area (TPSA) is 66.9 Å². The van der Waals surface area contributed by atoms with Gasteiger partial charge in [-0.15, -0.1) is 0 Å². The Labute approximate surface area is 154 Å². The van der Waals surface area contributed by atoms with Crippen LogP contribution in [0, 0.1) is 0 Å². The lowest BCUT2D eigenvalue weighted by molar-refractivity contribution is -0.143. The summed E-state index contributed by atoms with van der Waals surface area (Å²) in [5.41, 5.74) is 0. The van der Waals surface area contributed by atoms with Gasteiger partial charge in [0.25, 0.3) is 0 Å². The molecule has 1 saturated heterocycles. The zero-order chi connectivity index (χ0) is 18.9. The molecule has 0 saturated carbocycles. The van der Waals surface area contributed by atoms with E-state index in [4.69, 9.17) is 4.74 Å². The molecule has 1 aliphatic heterocycles. The van der Waals surface area contributed by atoms with Crippen LogP contribution in [0.1, 0.15) is 13.8 Å². The number of ether oxygens (including phenoxy) is 1. The summed E-state index contributed by atoms with van der Waals surface area (Å²) in [5.74, 6) is -0.209. The third-order valence-electron chi connectivity index (χ3n) is 4.56. The predicted octanol–water partition coefficient (Wildman–Crippen LogP) is 2.10. The van der Waals surface area contributed by atoms with Gasteiger partial charge in [-0.05, 0) is 36.8 Å². The van der Waals surface area contributed by atoms with Gasteiger partial charge in [0, 0.05) is 20.1 Å². The molecule has 1 heterocycles. The molecule has 3 rings (SSSR count). The summed E-state index contributed by atoms with van der Waals surface area (Å²) < 4.78 is 32.4. The number of amides is 1. The molecule has 7 heteroatoms. The Morgan fingerprint density at radius 2 is 1.73 bits per heavy atom. The Bertz CT molecular complexity index is 903. The van der Waals surface area contributed by atoms with Crippen molar-refractivity contribution in [3.8, 4) is 0 Å². The lowest BCUT2D eigenvalue weighted by Gasteiger charge is -2.36. The number of hydrogen-bond donors (Lipinski definition) is 0. The average molecular weight is 376 g/mol. The largest absolute Gasteiger partial charge is 0.372 e. The van der Waals surface area contributed by atoms with Gasteiger partial charge >= 0.3 is 0 Å². The minimum Gasteiger partial charge on any atom is -0.372 e. The first-order valence-electron chi connectivity index (χ1n) is 8.66. The van der Waals surface area contributed by atoms with Crippen molar-refractivity contribution in [3.63, 3.8) is 0 Å². The molecule has 2 aromatic rings. The maximum Gasteiger partial charge on any atom is 0.243 e. The summed E-state index contributed by atoms with van der Waals surface area (Å²) >= 11 is 0. The van der Waals surface area contributed by atoms with Gasteiger partial charge in [-0.2, -0.15) is 4.31 Å². The number of sulfonamides is 1. The van der Waals surface area contributed by atoms with Crippen LogP contribution in [0.25, 0.3) is 10.8 Å². The average Bonchev–Trinajstić information content (AvgIpc) is 2.60. The van der Waals surface area contributed by atoms with E-state index in [1.54, 1.807) is 23.1 Å². The molecule has 6 nitrogen and oxygen atoms in total. The predicted molar refractivity (Wildman–Crippen MR) is 100 cm³/mol. The Morgan fingerprint density at radius 1 is 1.12 bits per heavy atom. The first-order valence-corrected chi connectivity index (χ1v) is 10.1. The molecule has 1 fully saturated rings. The smallest absolute Gasteiger partial charge is 0.243 e. The standard InChI is InChI=1S/C19H24N2O4S/c1-14-11-21(12-15(2)25-14)19(22)13-20(3)26(23,24)18-9-8-16-6-4-5-7-17(16)10-18/h4-10,14-15H,11-13H2,1-3H3/t14-,15+. The monoisotopic (exact) mass is 376 g/mol. The number of carbonyl (C=O) groups is 1. The molecule has 26 heavy (non-hydrogen) atoms. The maximum atomic E-state index is 12.9. The molecule has 1 amide bonds. The second kappa shape index (κ2) is 7.34. The molecule has 0 aliphatic carbocycles. The first kappa shape index (κ1) is 18.8. The van der Waals surface area contributed by atoms with E-state index in [-0.39, 0.29) is 29.6 Å². The highest BCUT2D eigenvalue weighted by molar-refractivity contribution is 7.89. The molecule has 0 radical (unpaired) electrons. The lowest BCUT2D eigenvalue weighted by Crippen LogP contribution is -2.51. The van der Waals surface area contributed by atoms with Gasteiger partial charge in [-0.3, -0.25) is 4.79 Å². The summed E-state index contributed by atoms with van der Waals surface area (Å²) in [6.45, 7) is 4.59. The maximum absolute atomic E-state index is 12.9. The number of carbonyl (C=O) groups excluding carboxylic acids is 1. The van der Waals surface area contributed by atoms with Crippen molar-refractivity contribution in [2.75, 3.05) is 26.7 Å². The fraction of sp³-hybridized carbons (Fsp3) is 0.421. The quantitative estimate of drug-likeness (QED) is 0.820. The Morgan fingerprint density at radius 3 is 2.38 bits per heavy atom. The lowest BCUT2D eigenvalue weighted by atomic mass is 10.1. The molecule has 140 valence electrons. The third-order valence-corrected chi connectivity index (χ3v) is 6.36. The Kier molecular flexibility index (Phi) is 5.32. The summed E-state index contributed by atoms with van der Waals surface area (Å²) in [5, 5.41) is 1.82. The first-order chi connectivity index (χ1) is 12.3. The van der Waals surface area contributed by atoms with E-state index in [0.29, 0.717) is 13.1 Å². The van der Waals surface area contributed by atoms with Crippen LogP contribution < -0.4 is 0 Å². The molecule has 2 aromatic carbocycles. The van der Waals surface area contributed by atoms with Gasteiger partial charge in [0.1, 0.15) is 0 Å². The van der Waals surface area contributed by atoms with Crippen LogP contribution in [0.2, 0.25) is 0 Å². The van der Waals surface area contributed by atoms with Crippen molar-refractivity contribution in [1.82, 2.24) is 9.21 Å². The van der Waals surface area contributed by atoms with Crippen LogP contribution in [0.3, 0.4) is 0 Å². The fourth-order valence-corrected chi connectivity index (χ4v) is 4.42. The van der Waals surface area contributed by atoms with E-state index >= 15 is 0 Å². The van der Waals surface area contributed by atoms with E-state index in [1.807, 2.05) is 38.1 Å². The van der Waals surface area contributed by atoms with Crippen LogP contribution in [0.15, 0.2) is 47.4 Å². The van der Waals surface area contributed by atoms with Crippen molar-refractivity contribution in [3.05, 3.63) is 42.5 Å². The van der Waals surface area contributed by atoms with Crippen molar-refractivity contribution < 1.29 is 17.9 Å². The molecule has 0 bridgehead atoms. The molecule has 0 spiro atoms. The summed E-state index contributed by atoms with van der Waals surface area (Å²) in [6.07, 6.45) is -0.102. The van der Waals surface area contributed by atoms with E-state index < -0.39 is 10.0 Å². The van der Waals surface area contributed by atoms with Crippen LogP contribution in [-0.4, -0.2) is 62.4 Å². The van der Waals surface area contributed by atoms with Gasteiger partial charge in [0.05, 0.1) is 23.6 Å². The van der Waals surface area contributed by atoms with E-state index in [1.165, 1.54) is 7.05 Å². The molecule has 0 aromatic heterocycles. The zero-order valence-electron chi connectivity index (χ0n) is 15.3. The summed E-state index contributed by atoms with van der Waals surface area (Å²) in [7, 11) is -2.30. The van der Waals surface area contributed by atoms with Gasteiger partial charge in [-0.1, -0.05) is 30.3 Å². The molecule has 1 aliphatic rings. The molecule has 0 N–H and O–H groups in total. The number of benzene rings is 2. The van der Waals surface area contributed by atoms with Gasteiger partial charge in [-0.25, -0.2) is 8.42 Å². The van der Waals surface area contributed by atoms with E-state index in [9.17, 15) is 13.2 Å².